The first kappa shape index (κ1) is 15.8. The van der Waals surface area contributed by atoms with Crippen LogP contribution in [0.3, 0.4) is 0 Å². The van der Waals surface area contributed by atoms with Crippen LogP contribution >= 0.6 is 11.8 Å². The van der Waals surface area contributed by atoms with E-state index in [4.69, 9.17) is 0 Å². The molecule has 0 radical (unpaired) electrons. The topological polar surface area (TPSA) is 0 Å². The van der Waals surface area contributed by atoms with Gasteiger partial charge in [-0.3, -0.25) is 0 Å². The maximum atomic E-state index is 3.75. The van der Waals surface area contributed by atoms with Crippen molar-refractivity contribution in [3.05, 3.63) is 0 Å². The van der Waals surface area contributed by atoms with Gasteiger partial charge < -0.3 is 0 Å². The van der Waals surface area contributed by atoms with Crippen molar-refractivity contribution in [1.82, 2.24) is 0 Å². The summed E-state index contributed by atoms with van der Waals surface area (Å²) < 4.78 is 0. The maximum absolute atomic E-state index is 3.75. The molecule has 4 aliphatic rings. The Labute approximate surface area is 136 Å². The van der Waals surface area contributed by atoms with Gasteiger partial charge in [0.25, 0.3) is 0 Å². The van der Waals surface area contributed by atoms with Gasteiger partial charge in [0.15, 0.2) is 0 Å². The van der Waals surface area contributed by atoms with E-state index in [-0.39, 0.29) is 0 Å². The highest BCUT2D eigenvalue weighted by Crippen LogP contribution is 2.59. The lowest BCUT2D eigenvalue weighted by molar-refractivity contribution is -0.0180. The summed E-state index contributed by atoms with van der Waals surface area (Å²) in [7, 11) is 0. The monoisotopic (exact) mass is 304 g/mol. The quantitative estimate of drug-likeness (QED) is 0.395. The molecule has 4 aliphatic carbocycles. The molecule has 4 rings (SSSR count). The molecule has 0 aromatic rings. The number of hydrogen-bond acceptors (Lipinski definition) is 1. The van der Waals surface area contributed by atoms with Crippen molar-refractivity contribution in [2.45, 2.75) is 84.0 Å². The molecule has 21 heavy (non-hydrogen) atoms. The van der Waals surface area contributed by atoms with Crippen molar-refractivity contribution in [3.63, 3.8) is 0 Å². The van der Waals surface area contributed by atoms with E-state index in [9.17, 15) is 0 Å². The summed E-state index contributed by atoms with van der Waals surface area (Å²) in [6.07, 6.45) is 17.3. The Kier molecular flexibility index (Phi) is 5.60. The van der Waals surface area contributed by atoms with Crippen LogP contribution in [0.1, 0.15) is 84.0 Å². The van der Waals surface area contributed by atoms with E-state index >= 15 is 0 Å². The zero-order valence-corrected chi connectivity index (χ0v) is 14.6. The van der Waals surface area contributed by atoms with Gasteiger partial charge in [-0.1, -0.05) is 56.7 Å². The van der Waals surface area contributed by atoms with Crippen LogP contribution in [-0.4, -0.2) is 5.75 Å². The fourth-order valence-corrected chi connectivity index (χ4v) is 6.15. The molecule has 4 saturated carbocycles. The van der Waals surface area contributed by atoms with Crippen molar-refractivity contribution in [2.75, 3.05) is 5.75 Å². The van der Waals surface area contributed by atoms with Crippen LogP contribution in [0.4, 0.5) is 0 Å². The zero-order chi connectivity index (χ0) is 14.5. The summed E-state index contributed by atoms with van der Waals surface area (Å²) in [5.74, 6) is 8.12. The molecule has 4 fully saturated rings. The summed E-state index contributed by atoms with van der Waals surface area (Å²) in [6, 6.07) is 0. The molecule has 118 valence electrons. The molecule has 0 N–H and O–H groups in total. The van der Waals surface area contributed by atoms with Crippen LogP contribution in [0.2, 0.25) is 0 Å². The molecule has 0 unspecified atom stereocenters. The van der Waals surface area contributed by atoms with Crippen molar-refractivity contribution >= 4 is 11.8 Å². The Morgan fingerprint density at radius 3 is 2.05 bits per heavy atom. The van der Waals surface area contributed by atoms with Gasteiger partial charge in [-0.25, -0.2) is 0 Å². The van der Waals surface area contributed by atoms with Gasteiger partial charge in [-0.05, 0) is 68.0 Å². The second-order valence-corrected chi connectivity index (χ2v) is 8.94. The normalized spacial score (nSPS) is 36.5. The van der Waals surface area contributed by atoms with Crippen molar-refractivity contribution < 1.29 is 0 Å². The molecule has 0 saturated heterocycles. The minimum Gasteiger partial charge on any atom is -0.0844 e. The van der Waals surface area contributed by atoms with Crippen LogP contribution in [-0.2, 0) is 0 Å². The molecule has 0 amide bonds. The van der Waals surface area contributed by atoms with Gasteiger partial charge in [-0.2, -0.15) is 0 Å². The Bertz CT molecular complexity index is 351. The summed E-state index contributed by atoms with van der Waals surface area (Å²) >= 11 is 1.90. The fourth-order valence-electron chi connectivity index (χ4n) is 5.41. The average molecular weight is 305 g/mol. The maximum Gasteiger partial charge on any atom is 0.0331 e. The minimum absolute atomic E-state index is 0.461. The highest BCUT2D eigenvalue weighted by Gasteiger charge is 2.50. The van der Waals surface area contributed by atoms with Crippen LogP contribution in [0.5, 0.6) is 0 Å². The molecule has 0 aromatic heterocycles. The van der Waals surface area contributed by atoms with Gasteiger partial charge in [0.2, 0.25) is 0 Å². The largest absolute Gasteiger partial charge is 0.0844 e. The predicted octanol–water partition coefficient (Wildman–Crippen LogP) is 6.26. The van der Waals surface area contributed by atoms with E-state index in [1.54, 1.807) is 0 Å². The van der Waals surface area contributed by atoms with E-state index in [1.165, 1.54) is 82.8 Å². The Morgan fingerprint density at radius 1 is 0.857 bits per heavy atom. The molecule has 0 nitrogen and oxygen atoms in total. The molecule has 0 heterocycles. The highest BCUT2D eigenvalue weighted by atomic mass is 32.2. The van der Waals surface area contributed by atoms with E-state index in [1.807, 2.05) is 11.8 Å². The van der Waals surface area contributed by atoms with Gasteiger partial charge >= 0.3 is 0 Å². The van der Waals surface area contributed by atoms with Crippen LogP contribution in [0.15, 0.2) is 0 Å². The second kappa shape index (κ2) is 7.45. The third-order valence-corrected chi connectivity index (χ3v) is 6.77. The molecular weight excluding hydrogens is 272 g/mol. The van der Waals surface area contributed by atoms with E-state index < -0.39 is 0 Å². The standard InChI is InChI=1S/C20H32S/c1-2-3-4-5-6-7-9-21-10-8-20-14-17-11-18(15-20)13-19(12-17)16-20/h17-19H,2-7,9,11-16H2,1H3. The first-order valence-electron chi connectivity index (χ1n) is 9.43. The molecule has 0 aliphatic heterocycles. The Hall–Kier alpha value is -0.0900. The third-order valence-electron chi connectivity index (χ3n) is 6.03. The van der Waals surface area contributed by atoms with Gasteiger partial charge in [0.05, 0.1) is 0 Å². The first-order chi connectivity index (χ1) is 10.3. The lowest BCUT2D eigenvalue weighted by Crippen LogP contribution is -2.45. The Morgan fingerprint density at radius 2 is 1.43 bits per heavy atom. The first-order valence-corrected chi connectivity index (χ1v) is 10.4. The molecule has 0 spiro atoms. The van der Waals surface area contributed by atoms with Gasteiger partial charge in [0, 0.05) is 11.2 Å². The molecule has 0 atom stereocenters. The van der Waals surface area contributed by atoms with Crippen LogP contribution in [0, 0.1) is 34.3 Å². The number of hydrogen-bond donors (Lipinski definition) is 0. The highest BCUT2D eigenvalue weighted by molar-refractivity contribution is 8.03. The van der Waals surface area contributed by atoms with E-state index in [2.05, 4.69) is 18.1 Å². The van der Waals surface area contributed by atoms with Gasteiger partial charge in [0.1, 0.15) is 0 Å². The summed E-state index contributed by atoms with van der Waals surface area (Å²) in [5.41, 5.74) is 0.461. The fraction of sp³-hybridized carbons (Fsp3) is 0.900. The molecule has 4 bridgehead atoms. The lowest BCUT2D eigenvalue weighted by Gasteiger charge is -2.54. The van der Waals surface area contributed by atoms with Crippen molar-refractivity contribution in [3.8, 4) is 11.2 Å². The lowest BCUT2D eigenvalue weighted by atomic mass is 9.50. The number of unbranched alkanes of at least 4 members (excludes halogenated alkanes) is 5. The molecular formula is C20H32S. The van der Waals surface area contributed by atoms with Crippen LogP contribution in [0.25, 0.3) is 0 Å². The third kappa shape index (κ3) is 4.22. The molecule has 1 heteroatoms. The number of thioether (sulfide) groups is 1. The zero-order valence-electron chi connectivity index (χ0n) is 13.8. The summed E-state index contributed by atoms with van der Waals surface area (Å²) in [4.78, 5) is 0. The van der Waals surface area contributed by atoms with Crippen molar-refractivity contribution in [2.24, 2.45) is 23.2 Å². The summed E-state index contributed by atoms with van der Waals surface area (Å²) in [6.45, 7) is 2.29. The molecule has 0 aromatic carbocycles. The van der Waals surface area contributed by atoms with E-state index in [0.29, 0.717) is 5.41 Å². The van der Waals surface area contributed by atoms with Crippen LogP contribution < -0.4 is 0 Å². The SMILES string of the molecule is CCCCCCCCSC#CC12CC3CC(CC(C3)C1)C2. The van der Waals surface area contributed by atoms with E-state index in [0.717, 1.165) is 17.8 Å². The Balaban J connectivity index is 1.35. The summed E-state index contributed by atoms with van der Waals surface area (Å²) in [5, 5.41) is 3.51. The second-order valence-electron chi connectivity index (χ2n) is 8.04. The smallest absolute Gasteiger partial charge is 0.0331 e. The predicted molar refractivity (Wildman–Crippen MR) is 94.2 cm³/mol. The minimum atomic E-state index is 0.461. The number of rotatable bonds is 7. The van der Waals surface area contributed by atoms with Gasteiger partial charge in [-0.15, -0.1) is 0 Å². The van der Waals surface area contributed by atoms with Crippen molar-refractivity contribution in [1.29, 1.82) is 0 Å². The average Bonchev–Trinajstić information content (AvgIpc) is 2.44.